The van der Waals surface area contributed by atoms with Crippen LogP contribution in [0.5, 0.6) is 11.5 Å². The largest absolute Gasteiger partial charge is 0.514 e. The third-order valence-corrected chi connectivity index (χ3v) is 5.00. The topological polar surface area (TPSA) is 61.7 Å². The Morgan fingerprint density at radius 3 is 2.71 bits per heavy atom. The van der Waals surface area contributed by atoms with Crippen molar-refractivity contribution >= 4 is 0 Å². The molecule has 2 unspecified atom stereocenters. The fourth-order valence-electron chi connectivity index (χ4n) is 3.12. The number of aliphatic hydroxyl groups is 1. The molecular weight excluding hydrogens is 302 g/mol. The highest BCUT2D eigenvalue weighted by atomic mass is 16.5. The molecule has 1 aromatic carbocycles. The van der Waals surface area contributed by atoms with Crippen molar-refractivity contribution in [3.05, 3.63) is 35.2 Å². The number of hydrogen-bond acceptors (Lipinski definition) is 4. The number of phenols is 1. The number of aliphatic hydroxyl groups excluding tert-OH is 1. The van der Waals surface area contributed by atoms with Crippen molar-refractivity contribution < 1.29 is 14.9 Å². The van der Waals surface area contributed by atoms with Gasteiger partial charge < -0.3 is 20.3 Å². The first-order valence-electron chi connectivity index (χ1n) is 9.05. The maximum absolute atomic E-state index is 10.5. The van der Waals surface area contributed by atoms with Crippen LogP contribution in [-0.4, -0.2) is 23.9 Å². The van der Waals surface area contributed by atoms with Gasteiger partial charge in [0.15, 0.2) is 11.5 Å². The Labute approximate surface area is 145 Å². The molecule has 0 saturated heterocycles. The summed E-state index contributed by atoms with van der Waals surface area (Å²) in [5.41, 5.74) is 2.78. The van der Waals surface area contributed by atoms with Crippen molar-refractivity contribution in [3.63, 3.8) is 0 Å². The molecule has 1 aliphatic carbocycles. The van der Waals surface area contributed by atoms with Crippen LogP contribution in [0.3, 0.4) is 0 Å². The van der Waals surface area contributed by atoms with E-state index in [1.54, 1.807) is 13.2 Å². The summed E-state index contributed by atoms with van der Waals surface area (Å²) < 4.78 is 5.25. The molecule has 134 valence electrons. The minimum Gasteiger partial charge on any atom is -0.514 e. The highest BCUT2D eigenvalue weighted by Gasteiger charge is 2.32. The number of ether oxygens (including phenoxy) is 1. The number of unbranched alkanes of at least 4 members (excludes halogenated alkanes) is 2. The average Bonchev–Trinajstić information content (AvgIpc) is 3.29. The van der Waals surface area contributed by atoms with Gasteiger partial charge in [-0.05, 0) is 42.7 Å². The first-order chi connectivity index (χ1) is 11.6. The maximum atomic E-state index is 10.5. The molecular formula is C20H31NO3. The van der Waals surface area contributed by atoms with E-state index in [4.69, 9.17) is 4.74 Å². The van der Waals surface area contributed by atoms with Crippen LogP contribution >= 0.6 is 0 Å². The fourth-order valence-corrected chi connectivity index (χ4v) is 3.12. The van der Waals surface area contributed by atoms with Crippen LogP contribution < -0.4 is 10.1 Å². The van der Waals surface area contributed by atoms with Gasteiger partial charge >= 0.3 is 0 Å². The summed E-state index contributed by atoms with van der Waals surface area (Å²) in [6.07, 6.45) is 7.15. The molecule has 24 heavy (non-hydrogen) atoms. The number of benzene rings is 1. The lowest BCUT2D eigenvalue weighted by molar-refractivity contribution is 0.369. The van der Waals surface area contributed by atoms with Crippen LogP contribution in [0.25, 0.3) is 0 Å². The van der Waals surface area contributed by atoms with E-state index in [-0.39, 0.29) is 5.75 Å². The van der Waals surface area contributed by atoms with Gasteiger partial charge in [0.25, 0.3) is 0 Å². The highest BCUT2D eigenvalue weighted by molar-refractivity contribution is 5.50. The lowest BCUT2D eigenvalue weighted by Crippen LogP contribution is -2.19. The summed E-state index contributed by atoms with van der Waals surface area (Å²) in [6.45, 7) is 5.32. The third-order valence-electron chi connectivity index (χ3n) is 5.00. The Morgan fingerprint density at radius 1 is 1.38 bits per heavy atom. The second kappa shape index (κ2) is 8.86. The summed E-state index contributed by atoms with van der Waals surface area (Å²) >= 11 is 0. The molecule has 1 aliphatic rings. The Kier molecular flexibility index (Phi) is 6.83. The molecule has 3 N–H and O–H groups in total. The normalized spacial score (nSPS) is 20.0. The highest BCUT2D eigenvalue weighted by Crippen LogP contribution is 2.37. The number of aromatic hydroxyl groups is 1. The summed E-state index contributed by atoms with van der Waals surface area (Å²) in [5.74, 6) is 2.25. The number of allylic oxidation sites excluding steroid dienone is 1. The number of methoxy groups -OCH3 is 1. The predicted octanol–water partition coefficient (Wildman–Crippen LogP) is 4.32. The lowest BCUT2D eigenvalue weighted by Gasteiger charge is -2.16. The molecule has 4 nitrogen and oxygen atoms in total. The lowest BCUT2D eigenvalue weighted by atomic mass is 9.96. The monoisotopic (exact) mass is 333 g/mol. The molecule has 1 fully saturated rings. The molecule has 0 heterocycles. The van der Waals surface area contributed by atoms with Crippen LogP contribution in [0.4, 0.5) is 0 Å². The molecule has 0 bridgehead atoms. The van der Waals surface area contributed by atoms with Gasteiger partial charge in [-0.1, -0.05) is 32.8 Å². The molecule has 2 rings (SSSR count). The zero-order valence-electron chi connectivity index (χ0n) is 15.1. The summed E-state index contributed by atoms with van der Waals surface area (Å²) in [6, 6.07) is 3.79. The molecule has 2 atom stereocenters. The van der Waals surface area contributed by atoms with Crippen molar-refractivity contribution in [3.8, 4) is 11.5 Å². The Hall–Kier alpha value is -1.84. The number of nitrogens with one attached hydrogen (secondary N) is 1. The third kappa shape index (κ3) is 4.83. The molecule has 4 heteroatoms. The van der Waals surface area contributed by atoms with Gasteiger partial charge in [-0.15, -0.1) is 0 Å². The summed E-state index contributed by atoms with van der Waals surface area (Å²) in [5, 5.41) is 23.4. The van der Waals surface area contributed by atoms with Gasteiger partial charge in [0.05, 0.1) is 13.4 Å². The smallest absolute Gasteiger partial charge is 0.161 e. The molecule has 0 aromatic heterocycles. The molecule has 0 aliphatic heterocycles. The Bertz CT molecular complexity index is 568. The molecule has 0 amide bonds. The van der Waals surface area contributed by atoms with E-state index in [1.807, 2.05) is 6.07 Å². The Morgan fingerprint density at radius 2 is 2.12 bits per heavy atom. The van der Waals surface area contributed by atoms with Crippen molar-refractivity contribution in [1.82, 2.24) is 5.32 Å². The van der Waals surface area contributed by atoms with Crippen LogP contribution in [0, 0.1) is 11.8 Å². The molecule has 0 spiro atoms. The van der Waals surface area contributed by atoms with E-state index in [9.17, 15) is 10.2 Å². The van der Waals surface area contributed by atoms with Gasteiger partial charge in [-0.3, -0.25) is 0 Å². The van der Waals surface area contributed by atoms with E-state index < -0.39 is 0 Å². The van der Waals surface area contributed by atoms with Crippen molar-refractivity contribution in [2.45, 2.75) is 52.4 Å². The van der Waals surface area contributed by atoms with E-state index in [2.05, 4.69) is 19.2 Å². The molecule has 1 saturated carbocycles. The van der Waals surface area contributed by atoms with Gasteiger partial charge in [-0.25, -0.2) is 0 Å². The van der Waals surface area contributed by atoms with Crippen molar-refractivity contribution in [2.24, 2.45) is 11.8 Å². The van der Waals surface area contributed by atoms with Crippen LogP contribution in [-0.2, 0) is 12.8 Å². The number of phenolic OH excluding ortho intramolecular Hbond substituents is 1. The fraction of sp³-hybridized carbons (Fsp3) is 0.600. The summed E-state index contributed by atoms with van der Waals surface area (Å²) in [7, 11) is 1.57. The summed E-state index contributed by atoms with van der Waals surface area (Å²) in [4.78, 5) is 0. The van der Waals surface area contributed by atoms with Crippen molar-refractivity contribution in [2.75, 3.05) is 13.7 Å². The van der Waals surface area contributed by atoms with E-state index in [0.29, 0.717) is 18.1 Å². The van der Waals surface area contributed by atoms with E-state index in [1.165, 1.54) is 6.42 Å². The maximum Gasteiger partial charge on any atom is 0.161 e. The number of hydrogen-bond donors (Lipinski definition) is 3. The molecule has 1 aromatic rings. The van der Waals surface area contributed by atoms with Gasteiger partial charge in [0.1, 0.15) is 0 Å². The van der Waals surface area contributed by atoms with Gasteiger partial charge in [0, 0.05) is 24.2 Å². The SMILES string of the molecule is CCCCCc1c(C/C(=C\O)NCC2CC2C)ccc(OC)c1O. The minimum atomic E-state index is 0.235. The van der Waals surface area contributed by atoms with Gasteiger partial charge in [-0.2, -0.15) is 0 Å². The quantitative estimate of drug-likeness (QED) is 0.441. The second-order valence-corrected chi connectivity index (χ2v) is 6.90. The molecule has 0 radical (unpaired) electrons. The van der Waals surface area contributed by atoms with Crippen LogP contribution in [0.15, 0.2) is 24.1 Å². The van der Waals surface area contributed by atoms with Crippen LogP contribution in [0.2, 0.25) is 0 Å². The van der Waals surface area contributed by atoms with Crippen molar-refractivity contribution in [1.29, 1.82) is 0 Å². The standard InChI is InChI=1S/C20H31NO3/c1-4-5-6-7-18-15(8-9-19(24-3)20(18)23)11-17(13-22)21-12-16-10-14(16)2/h8-9,13-14,16,21-23H,4-7,10-12H2,1-3H3/b17-13+. The zero-order valence-corrected chi connectivity index (χ0v) is 15.1. The van der Waals surface area contributed by atoms with E-state index >= 15 is 0 Å². The van der Waals surface area contributed by atoms with Gasteiger partial charge in [0.2, 0.25) is 0 Å². The second-order valence-electron chi connectivity index (χ2n) is 6.90. The van der Waals surface area contributed by atoms with Crippen LogP contribution in [0.1, 0.15) is 50.7 Å². The zero-order chi connectivity index (χ0) is 17.5. The number of rotatable bonds is 10. The van der Waals surface area contributed by atoms with E-state index in [0.717, 1.165) is 61.2 Å². The first-order valence-corrected chi connectivity index (χ1v) is 9.05. The average molecular weight is 333 g/mol. The predicted molar refractivity (Wildman–Crippen MR) is 97.6 cm³/mol. The Balaban J connectivity index is 2.09. The minimum absolute atomic E-state index is 0.235. The first kappa shape index (κ1) is 18.5.